The van der Waals surface area contributed by atoms with Crippen molar-refractivity contribution in [1.82, 2.24) is 5.32 Å². The molecule has 6 unspecified atom stereocenters. The Balaban J connectivity index is 1.89. The van der Waals surface area contributed by atoms with Crippen molar-refractivity contribution < 1.29 is 50.0 Å². The first-order chi connectivity index (χ1) is 12.4. The molecule has 152 valence electrons. The second-order valence-electron chi connectivity index (χ2n) is 7.26. The molecule has 0 aromatic heterocycles. The molecule has 1 aliphatic carbocycles. The number of hydrogen-bond donors (Lipinski definition) is 10. The van der Waals surface area contributed by atoms with Crippen LogP contribution in [0, 0.1) is 5.92 Å². The lowest BCUT2D eigenvalue weighted by Crippen LogP contribution is -2.96. The summed E-state index contributed by atoms with van der Waals surface area (Å²) in [6.45, 7) is 0. The fourth-order valence-corrected chi connectivity index (χ4v) is 4.76. The molecule has 0 amide bonds. The molecule has 5 rings (SSSR count). The third-order valence-corrected chi connectivity index (χ3v) is 5.99. The molecular formula is C13H20N4O10. The molecule has 14 heteroatoms. The Kier molecular flexibility index (Phi) is 3.64. The number of rotatable bonds is 3. The van der Waals surface area contributed by atoms with E-state index in [-0.39, 0.29) is 5.96 Å². The minimum absolute atomic E-state index is 0.367. The number of nitrogens with two attached hydrogens (primary N) is 2. The maximum Gasteiger partial charge on any atom is 0.323 e. The molecule has 4 aliphatic heterocycles. The lowest BCUT2D eigenvalue weighted by atomic mass is 9.53. The fraction of sp³-hybridized carbons (Fsp3) is 0.846. The van der Waals surface area contributed by atoms with Gasteiger partial charge in [-0.3, -0.25) is 4.79 Å². The lowest BCUT2D eigenvalue weighted by molar-refractivity contribution is -0.552. The second-order valence-corrected chi connectivity index (χ2v) is 7.26. The SMILES string of the molecule is NC1=N[C@H](O)C2C3OC4(O)OC(C(O)C2(N1)[C@@H]4O)[C@]3(O)[C@H](O)[C@H](N)C(=O)O. The van der Waals surface area contributed by atoms with E-state index in [0.29, 0.717) is 0 Å². The minimum atomic E-state index is -2.74. The number of aliphatic hydroxyl groups is 6. The summed E-state index contributed by atoms with van der Waals surface area (Å²) in [5.74, 6) is -6.24. The average Bonchev–Trinajstić information content (AvgIpc) is 2.58. The van der Waals surface area contributed by atoms with Crippen LogP contribution in [0.25, 0.3) is 0 Å². The first-order valence-corrected chi connectivity index (χ1v) is 8.03. The Morgan fingerprint density at radius 3 is 2.41 bits per heavy atom. The van der Waals surface area contributed by atoms with E-state index in [1.807, 2.05) is 0 Å². The van der Waals surface area contributed by atoms with Crippen LogP contribution in [-0.2, 0) is 14.3 Å². The summed E-state index contributed by atoms with van der Waals surface area (Å²) in [5.41, 5.74) is 6.36. The molecule has 4 fully saturated rings. The van der Waals surface area contributed by atoms with E-state index < -0.39 is 71.8 Å². The Hall–Kier alpha value is -1.62. The molecule has 0 aromatic carbocycles. The monoisotopic (exact) mass is 392 g/mol. The van der Waals surface area contributed by atoms with Crippen LogP contribution in [0.4, 0.5) is 0 Å². The second kappa shape index (κ2) is 5.25. The number of nitrogens with one attached hydrogen (secondary N) is 1. The van der Waals surface area contributed by atoms with E-state index in [1.54, 1.807) is 0 Å². The van der Waals surface area contributed by atoms with Crippen LogP contribution >= 0.6 is 0 Å². The predicted octanol–water partition coefficient (Wildman–Crippen LogP) is -6.74. The molecular weight excluding hydrogens is 372 g/mol. The van der Waals surface area contributed by atoms with Gasteiger partial charge in [-0.25, -0.2) is 4.99 Å². The zero-order chi connectivity index (χ0) is 20.1. The summed E-state index contributed by atoms with van der Waals surface area (Å²) in [4.78, 5) is 14.8. The number of aliphatic hydroxyl groups excluding tert-OH is 4. The van der Waals surface area contributed by atoms with E-state index in [2.05, 4.69) is 10.3 Å². The van der Waals surface area contributed by atoms with Gasteiger partial charge in [0.2, 0.25) is 0 Å². The topological polar surface area (TPSA) is 254 Å². The first kappa shape index (κ1) is 18.7. The van der Waals surface area contributed by atoms with Crippen LogP contribution in [0.15, 0.2) is 4.99 Å². The molecule has 0 aromatic rings. The highest BCUT2D eigenvalue weighted by molar-refractivity contribution is 5.80. The third kappa shape index (κ3) is 1.94. The van der Waals surface area contributed by atoms with Gasteiger partial charge < -0.3 is 62.0 Å². The fourth-order valence-electron chi connectivity index (χ4n) is 4.76. The van der Waals surface area contributed by atoms with Crippen molar-refractivity contribution in [3.8, 4) is 0 Å². The van der Waals surface area contributed by atoms with Crippen LogP contribution in [0.1, 0.15) is 0 Å². The van der Waals surface area contributed by atoms with Crippen molar-refractivity contribution in [1.29, 1.82) is 0 Å². The third-order valence-electron chi connectivity index (χ3n) is 5.99. The maximum absolute atomic E-state index is 11.2. The highest BCUT2D eigenvalue weighted by Gasteiger charge is 2.84. The van der Waals surface area contributed by atoms with Crippen LogP contribution in [0.3, 0.4) is 0 Å². The summed E-state index contributed by atoms with van der Waals surface area (Å²) >= 11 is 0. The van der Waals surface area contributed by atoms with Gasteiger partial charge in [-0.1, -0.05) is 0 Å². The largest absolute Gasteiger partial charge is 0.480 e. The summed E-state index contributed by atoms with van der Waals surface area (Å²) in [6.07, 6.45) is -11.5. The molecule has 4 heterocycles. The Morgan fingerprint density at radius 2 is 1.81 bits per heavy atom. The van der Waals surface area contributed by atoms with Gasteiger partial charge in [0.25, 0.3) is 0 Å². The number of nitrogens with zero attached hydrogens (tertiary/aromatic N) is 1. The number of carbonyl (C=O) groups is 1. The summed E-state index contributed by atoms with van der Waals surface area (Å²) in [7, 11) is 0. The maximum atomic E-state index is 11.2. The molecule has 14 nitrogen and oxygen atoms in total. The van der Waals surface area contributed by atoms with Gasteiger partial charge in [0.15, 0.2) is 18.3 Å². The predicted molar refractivity (Wildman–Crippen MR) is 80.3 cm³/mol. The van der Waals surface area contributed by atoms with Gasteiger partial charge in [-0.15, -0.1) is 0 Å². The van der Waals surface area contributed by atoms with Gasteiger partial charge in [0, 0.05) is 0 Å². The van der Waals surface area contributed by atoms with Crippen molar-refractivity contribution in [3.05, 3.63) is 0 Å². The number of guanidine groups is 1. The van der Waals surface area contributed by atoms with Crippen LogP contribution in [0.5, 0.6) is 0 Å². The normalized spacial score (nSPS) is 55.3. The number of aliphatic imine (C=N–C) groups is 1. The molecule has 11 atom stereocenters. The molecule has 0 radical (unpaired) electrons. The van der Waals surface area contributed by atoms with E-state index in [0.717, 1.165) is 0 Å². The highest BCUT2D eigenvalue weighted by atomic mass is 16.9. The van der Waals surface area contributed by atoms with Crippen molar-refractivity contribution in [2.45, 2.75) is 59.9 Å². The van der Waals surface area contributed by atoms with Gasteiger partial charge in [0.1, 0.15) is 41.6 Å². The van der Waals surface area contributed by atoms with E-state index in [4.69, 9.17) is 26.0 Å². The Morgan fingerprint density at radius 1 is 1.22 bits per heavy atom. The minimum Gasteiger partial charge on any atom is -0.480 e. The molecule has 1 spiro atoms. The summed E-state index contributed by atoms with van der Waals surface area (Å²) < 4.78 is 10.3. The molecule has 4 bridgehead atoms. The average molecular weight is 392 g/mol. The first-order valence-electron chi connectivity index (χ1n) is 8.03. The van der Waals surface area contributed by atoms with Crippen molar-refractivity contribution in [3.63, 3.8) is 0 Å². The molecule has 1 saturated carbocycles. The standard InChI is InChI=1S/C13H20N4O10/c14-2(8(21)22)3(18)12(24)5-1-7(20)16-10(15)17-11(1)4(19)6(12)27-13(25,26-5)9(11)23/h1-7,9,18-20,23-25H,14H2,(H,21,22)(H3,15,16,17)/t1?,2-,3+,4?,5?,6?,7+,9-,11?,12-,13?/m0/s1. The number of aliphatic carboxylic acids is 1. The van der Waals surface area contributed by atoms with Gasteiger partial charge in [-0.2, -0.15) is 0 Å². The number of hydrogen-bond acceptors (Lipinski definition) is 13. The van der Waals surface area contributed by atoms with Gasteiger partial charge in [0.05, 0.1) is 5.92 Å². The van der Waals surface area contributed by atoms with E-state index in [1.165, 1.54) is 0 Å². The molecule has 5 aliphatic rings. The number of carboxylic acid groups (broad SMARTS) is 1. The van der Waals surface area contributed by atoms with Crippen molar-refractivity contribution in [2.24, 2.45) is 22.4 Å². The van der Waals surface area contributed by atoms with E-state index in [9.17, 15) is 35.4 Å². The Labute approximate surface area is 150 Å². The molecule has 12 N–H and O–H groups in total. The van der Waals surface area contributed by atoms with Gasteiger partial charge in [-0.05, 0) is 0 Å². The van der Waals surface area contributed by atoms with Crippen molar-refractivity contribution >= 4 is 11.9 Å². The van der Waals surface area contributed by atoms with Gasteiger partial charge >= 0.3 is 11.9 Å². The van der Waals surface area contributed by atoms with Crippen LogP contribution in [-0.4, -0.2) is 108 Å². The smallest absolute Gasteiger partial charge is 0.323 e. The van der Waals surface area contributed by atoms with Crippen LogP contribution < -0.4 is 16.8 Å². The zero-order valence-electron chi connectivity index (χ0n) is 13.6. The molecule has 27 heavy (non-hydrogen) atoms. The summed E-state index contributed by atoms with van der Waals surface area (Å²) in [6, 6.07) is -2.02. The lowest BCUT2D eigenvalue weighted by Gasteiger charge is -2.72. The Bertz CT molecular complexity index is 723. The molecule has 3 saturated heterocycles. The number of carboxylic acids is 1. The quantitative estimate of drug-likeness (QED) is 0.214. The highest BCUT2D eigenvalue weighted by Crippen LogP contribution is 2.59. The van der Waals surface area contributed by atoms with E-state index >= 15 is 0 Å². The summed E-state index contributed by atoms with van der Waals surface area (Å²) in [5, 5.41) is 75.5. The van der Waals surface area contributed by atoms with Crippen LogP contribution in [0.2, 0.25) is 0 Å². The van der Waals surface area contributed by atoms with Crippen molar-refractivity contribution in [2.75, 3.05) is 0 Å². The zero-order valence-corrected chi connectivity index (χ0v) is 13.6. The number of ether oxygens (including phenoxy) is 2.